The van der Waals surface area contributed by atoms with Gasteiger partial charge in [0.2, 0.25) is 0 Å². The number of aryl methyl sites for hydroxylation is 1. The second-order valence-electron chi connectivity index (χ2n) is 7.03. The molecule has 0 atom stereocenters. The summed E-state index contributed by atoms with van der Waals surface area (Å²) >= 11 is 0. The molecule has 0 unspecified atom stereocenters. The van der Waals surface area contributed by atoms with Crippen LogP contribution in [0.15, 0.2) is 36.9 Å². The lowest BCUT2D eigenvalue weighted by molar-refractivity contribution is -0.00749. The molecule has 1 aromatic carbocycles. The Labute approximate surface area is 146 Å². The van der Waals surface area contributed by atoms with Gasteiger partial charge in [-0.1, -0.05) is 87.6 Å². The van der Waals surface area contributed by atoms with E-state index in [1.807, 2.05) is 19.9 Å². The van der Waals surface area contributed by atoms with Crippen LogP contribution in [0.2, 0.25) is 11.6 Å². The van der Waals surface area contributed by atoms with E-state index in [0.29, 0.717) is 11.8 Å². The van der Waals surface area contributed by atoms with Crippen molar-refractivity contribution < 1.29 is 4.74 Å². The smallest absolute Gasteiger partial charge is 0.151 e. The van der Waals surface area contributed by atoms with Crippen LogP contribution in [0.1, 0.15) is 40.2 Å². The highest BCUT2D eigenvalue weighted by Gasteiger charge is 2.13. The molecule has 2 rings (SSSR count). The number of ether oxygens (including phenoxy) is 1. The third-order valence-corrected chi connectivity index (χ3v) is 4.00. The molecule has 1 aliphatic rings. The SMILES string of the molecule is C=CC1COC1.CC[B]c1ccc(C)cc1.[B]C(C)(C)C(C)C. The second-order valence-corrected chi connectivity index (χ2v) is 7.03. The van der Waals surface area contributed by atoms with Crippen molar-refractivity contribution in [2.45, 2.75) is 53.2 Å². The predicted molar refractivity (Wildman–Crippen MR) is 106 cm³/mol. The van der Waals surface area contributed by atoms with Crippen LogP contribution in [0.3, 0.4) is 0 Å². The van der Waals surface area contributed by atoms with Gasteiger partial charge in [-0.25, -0.2) is 0 Å². The summed E-state index contributed by atoms with van der Waals surface area (Å²) in [6.07, 6.45) is 3.05. The maximum Gasteiger partial charge on any atom is 0.151 e. The summed E-state index contributed by atoms with van der Waals surface area (Å²) < 4.78 is 4.85. The van der Waals surface area contributed by atoms with E-state index >= 15 is 0 Å². The molecule has 1 saturated heterocycles. The van der Waals surface area contributed by atoms with Crippen molar-refractivity contribution >= 4 is 20.6 Å². The Bertz CT molecular complexity index is 414. The molecule has 0 aliphatic carbocycles. The van der Waals surface area contributed by atoms with Crippen molar-refractivity contribution in [3.05, 3.63) is 42.5 Å². The maximum absolute atomic E-state index is 5.68. The van der Waals surface area contributed by atoms with Gasteiger partial charge in [-0.3, -0.25) is 0 Å². The number of rotatable bonds is 4. The van der Waals surface area contributed by atoms with Crippen LogP contribution >= 0.6 is 0 Å². The summed E-state index contributed by atoms with van der Waals surface area (Å²) in [7, 11) is 7.90. The van der Waals surface area contributed by atoms with Crippen molar-refractivity contribution in [2.75, 3.05) is 13.2 Å². The minimum absolute atomic E-state index is 0.000000000000000222. The molecule has 1 nitrogen and oxygen atoms in total. The second kappa shape index (κ2) is 11.6. The lowest BCUT2D eigenvalue weighted by atomic mass is 9.65. The molecule has 0 saturated carbocycles. The average molecular weight is 311 g/mol. The molecule has 23 heavy (non-hydrogen) atoms. The first kappa shape index (κ1) is 22.0. The van der Waals surface area contributed by atoms with Crippen LogP contribution < -0.4 is 5.46 Å². The normalized spacial score (nSPS) is 13.9. The first-order valence-electron chi connectivity index (χ1n) is 8.59. The standard InChI is InChI=1S/C9H12B.C6H13B.C5H8O/c1-3-10-9-6-4-8(2)5-7-9;1-5(2)6(3,4)7;1-2-5-3-6-4-5/h4-7H,3H2,1-2H3;5H,1-4H3;2,5H,1,3-4H2. The fraction of sp³-hybridized carbons (Fsp3) is 0.600. The molecule has 1 heterocycles. The van der Waals surface area contributed by atoms with E-state index in [4.69, 9.17) is 12.6 Å². The van der Waals surface area contributed by atoms with Crippen LogP contribution in [0.25, 0.3) is 0 Å². The van der Waals surface area contributed by atoms with E-state index in [1.165, 1.54) is 11.0 Å². The number of hydrogen-bond donors (Lipinski definition) is 0. The van der Waals surface area contributed by atoms with Gasteiger partial charge in [0, 0.05) is 5.92 Å². The molecule has 0 spiro atoms. The number of benzene rings is 1. The molecule has 1 aromatic rings. The summed E-state index contributed by atoms with van der Waals surface area (Å²) in [4.78, 5) is 0. The van der Waals surface area contributed by atoms with Crippen LogP contribution in [0, 0.1) is 18.8 Å². The highest BCUT2D eigenvalue weighted by atomic mass is 16.5. The first-order chi connectivity index (χ1) is 10.7. The summed E-state index contributed by atoms with van der Waals surface area (Å²) in [5.74, 6) is 1.23. The van der Waals surface area contributed by atoms with Gasteiger partial charge >= 0.3 is 0 Å². The molecule has 0 aromatic heterocycles. The zero-order valence-electron chi connectivity index (χ0n) is 15.9. The third-order valence-electron chi connectivity index (χ3n) is 4.00. The minimum atomic E-state index is 0.000000000000000222. The van der Waals surface area contributed by atoms with Gasteiger partial charge < -0.3 is 4.74 Å². The molecule has 0 N–H and O–H groups in total. The van der Waals surface area contributed by atoms with Crippen molar-refractivity contribution in [1.29, 1.82) is 0 Å². The quantitative estimate of drug-likeness (QED) is 0.584. The zero-order valence-corrected chi connectivity index (χ0v) is 15.9. The highest BCUT2D eigenvalue weighted by molar-refractivity contribution is 6.53. The summed E-state index contributed by atoms with van der Waals surface area (Å²) in [6, 6.07) is 8.58. The van der Waals surface area contributed by atoms with Crippen LogP contribution in [0.5, 0.6) is 0 Å². The Kier molecular flexibility index (Phi) is 11.1. The van der Waals surface area contributed by atoms with E-state index in [-0.39, 0.29) is 5.31 Å². The molecule has 3 heteroatoms. The van der Waals surface area contributed by atoms with Crippen LogP contribution in [-0.4, -0.2) is 28.3 Å². The molecular weight excluding hydrogens is 278 g/mol. The van der Waals surface area contributed by atoms with Gasteiger partial charge in [0.05, 0.1) is 21.1 Å². The Morgan fingerprint density at radius 1 is 1.30 bits per heavy atom. The maximum atomic E-state index is 5.68. The third kappa shape index (κ3) is 11.3. The molecule has 0 bridgehead atoms. The van der Waals surface area contributed by atoms with Gasteiger partial charge in [-0.15, -0.1) is 6.58 Å². The van der Waals surface area contributed by atoms with Crippen LogP contribution in [-0.2, 0) is 4.74 Å². The largest absolute Gasteiger partial charge is 0.380 e. The molecule has 1 aliphatic heterocycles. The van der Waals surface area contributed by atoms with E-state index in [0.717, 1.165) is 19.5 Å². The monoisotopic (exact) mass is 311 g/mol. The fourth-order valence-corrected chi connectivity index (χ4v) is 1.33. The lowest BCUT2D eigenvalue weighted by Crippen LogP contribution is -2.24. The topological polar surface area (TPSA) is 9.23 Å². The summed E-state index contributed by atoms with van der Waals surface area (Å²) in [5.41, 5.74) is 2.65. The molecular formula is C20H33B2O. The van der Waals surface area contributed by atoms with E-state index < -0.39 is 0 Å². The minimum Gasteiger partial charge on any atom is -0.380 e. The molecule has 125 valence electrons. The van der Waals surface area contributed by atoms with E-state index in [9.17, 15) is 0 Å². The van der Waals surface area contributed by atoms with E-state index in [1.54, 1.807) is 0 Å². The Morgan fingerprint density at radius 2 is 1.78 bits per heavy atom. The van der Waals surface area contributed by atoms with Crippen molar-refractivity contribution in [1.82, 2.24) is 0 Å². The van der Waals surface area contributed by atoms with Crippen molar-refractivity contribution in [2.24, 2.45) is 11.8 Å². The van der Waals surface area contributed by atoms with Gasteiger partial charge in [0.25, 0.3) is 0 Å². The molecule has 1 fully saturated rings. The Hall–Kier alpha value is -0.950. The van der Waals surface area contributed by atoms with Crippen LogP contribution in [0.4, 0.5) is 0 Å². The Morgan fingerprint density at radius 3 is 2.00 bits per heavy atom. The summed E-state index contributed by atoms with van der Waals surface area (Å²) in [6.45, 7) is 18.0. The highest BCUT2D eigenvalue weighted by Crippen LogP contribution is 2.28. The fourth-order valence-electron chi connectivity index (χ4n) is 1.33. The number of hydrogen-bond acceptors (Lipinski definition) is 1. The van der Waals surface area contributed by atoms with E-state index in [2.05, 4.69) is 65.8 Å². The van der Waals surface area contributed by atoms with Gasteiger partial charge in [0.1, 0.15) is 0 Å². The van der Waals surface area contributed by atoms with Gasteiger partial charge in [-0.05, 0) is 12.8 Å². The van der Waals surface area contributed by atoms with Gasteiger partial charge in [-0.2, -0.15) is 0 Å². The van der Waals surface area contributed by atoms with Crippen molar-refractivity contribution in [3.63, 3.8) is 0 Å². The van der Waals surface area contributed by atoms with Gasteiger partial charge in [0.15, 0.2) is 7.28 Å². The predicted octanol–water partition coefficient (Wildman–Crippen LogP) is 4.59. The summed E-state index contributed by atoms with van der Waals surface area (Å²) in [5, 5.41) is 0.000000000000000222. The average Bonchev–Trinajstić information content (AvgIpc) is 2.41. The van der Waals surface area contributed by atoms with Crippen molar-refractivity contribution in [3.8, 4) is 0 Å². The zero-order chi connectivity index (χ0) is 17.9. The first-order valence-corrected chi connectivity index (χ1v) is 8.59. The molecule has 3 radical (unpaired) electrons. The lowest BCUT2D eigenvalue weighted by Gasteiger charge is -2.23. The molecule has 0 amide bonds. The Balaban J connectivity index is 0.000000329.